The van der Waals surface area contributed by atoms with Crippen molar-refractivity contribution in [3.8, 4) is 16.3 Å². The Balaban J connectivity index is 2.39. The Morgan fingerprint density at radius 1 is 1.42 bits per heavy atom. The van der Waals surface area contributed by atoms with Gasteiger partial charge in [-0.3, -0.25) is 4.79 Å². The van der Waals surface area contributed by atoms with Crippen LogP contribution in [-0.2, 0) is 6.42 Å². The summed E-state index contributed by atoms with van der Waals surface area (Å²) >= 11 is 1.59. The third kappa shape index (κ3) is 3.20. The summed E-state index contributed by atoms with van der Waals surface area (Å²) in [5, 5.41) is 0.872. The molecule has 0 fully saturated rings. The average Bonchev–Trinajstić information content (AvgIpc) is 2.81. The van der Waals surface area contributed by atoms with Crippen LogP contribution in [-0.4, -0.2) is 18.4 Å². The number of carbonyl (C=O) groups excluding carboxylic acids is 1. The van der Waals surface area contributed by atoms with Gasteiger partial charge in [0.25, 0.3) is 0 Å². The third-order valence-corrected chi connectivity index (χ3v) is 3.89. The topological polar surface area (TPSA) is 39.2 Å². The molecule has 2 aromatic rings. The molecule has 3 nitrogen and oxygen atoms in total. The molecule has 0 atom stereocenters. The van der Waals surface area contributed by atoms with Gasteiger partial charge in [-0.25, -0.2) is 4.98 Å². The van der Waals surface area contributed by atoms with Crippen molar-refractivity contribution in [3.63, 3.8) is 0 Å². The molecular formula is C15H17NO2S. The van der Waals surface area contributed by atoms with Crippen LogP contribution in [0.25, 0.3) is 10.6 Å². The summed E-state index contributed by atoms with van der Waals surface area (Å²) in [4.78, 5) is 16.6. The number of ether oxygens (including phenoxy) is 1. The number of aldehydes is 1. The minimum Gasteiger partial charge on any atom is -0.497 e. The van der Waals surface area contributed by atoms with E-state index < -0.39 is 0 Å². The number of benzene rings is 1. The molecule has 0 aliphatic heterocycles. The fourth-order valence-corrected chi connectivity index (χ4v) is 3.09. The van der Waals surface area contributed by atoms with Gasteiger partial charge >= 0.3 is 0 Å². The van der Waals surface area contributed by atoms with Crippen molar-refractivity contribution in [1.82, 2.24) is 4.98 Å². The Morgan fingerprint density at radius 2 is 2.21 bits per heavy atom. The molecule has 100 valence electrons. The largest absolute Gasteiger partial charge is 0.497 e. The molecule has 0 N–H and O–H groups in total. The maximum absolute atomic E-state index is 11.1. The zero-order valence-corrected chi connectivity index (χ0v) is 12.2. The highest BCUT2D eigenvalue weighted by Gasteiger charge is 2.13. The standard InChI is InChI=1S/C15H17NO2S/c1-10(2)7-14-13(9-17)16-15(19-14)11-5-4-6-12(8-11)18-3/h4-6,8-10H,7H2,1-3H3. The molecule has 2 rings (SSSR count). The number of carbonyl (C=O) groups is 1. The molecule has 0 radical (unpaired) electrons. The predicted molar refractivity (Wildman–Crippen MR) is 78.0 cm³/mol. The van der Waals surface area contributed by atoms with Gasteiger partial charge in [-0.1, -0.05) is 26.0 Å². The van der Waals surface area contributed by atoms with E-state index in [0.29, 0.717) is 11.6 Å². The van der Waals surface area contributed by atoms with Gasteiger partial charge in [0.2, 0.25) is 0 Å². The van der Waals surface area contributed by atoms with Crippen molar-refractivity contribution in [3.05, 3.63) is 34.8 Å². The monoisotopic (exact) mass is 275 g/mol. The molecule has 0 aliphatic carbocycles. The van der Waals surface area contributed by atoms with Crippen molar-refractivity contribution < 1.29 is 9.53 Å². The summed E-state index contributed by atoms with van der Waals surface area (Å²) in [6.07, 6.45) is 1.73. The molecule has 0 amide bonds. The second-order valence-corrected chi connectivity index (χ2v) is 5.86. The Kier molecular flexibility index (Phi) is 4.32. The molecule has 1 aromatic heterocycles. The number of hydrogen-bond acceptors (Lipinski definition) is 4. The summed E-state index contributed by atoms with van der Waals surface area (Å²) in [5.74, 6) is 1.31. The van der Waals surface area contributed by atoms with E-state index in [1.165, 1.54) is 0 Å². The number of methoxy groups -OCH3 is 1. The average molecular weight is 275 g/mol. The molecule has 0 unspecified atom stereocenters. The Morgan fingerprint density at radius 3 is 2.84 bits per heavy atom. The molecule has 1 aromatic carbocycles. The van der Waals surface area contributed by atoms with Gasteiger partial charge < -0.3 is 4.74 Å². The molecule has 0 aliphatic rings. The van der Waals surface area contributed by atoms with E-state index in [1.54, 1.807) is 18.4 Å². The lowest BCUT2D eigenvalue weighted by Crippen LogP contribution is -1.95. The maximum Gasteiger partial charge on any atom is 0.169 e. The van der Waals surface area contributed by atoms with Crippen LogP contribution >= 0.6 is 11.3 Å². The van der Waals surface area contributed by atoms with Gasteiger partial charge in [-0.05, 0) is 24.5 Å². The molecule has 1 heterocycles. The van der Waals surface area contributed by atoms with Crippen molar-refractivity contribution in [1.29, 1.82) is 0 Å². The number of hydrogen-bond donors (Lipinski definition) is 0. The van der Waals surface area contributed by atoms with E-state index in [0.717, 1.165) is 33.9 Å². The van der Waals surface area contributed by atoms with E-state index in [2.05, 4.69) is 18.8 Å². The van der Waals surface area contributed by atoms with Crippen LogP contribution in [0.15, 0.2) is 24.3 Å². The van der Waals surface area contributed by atoms with Crippen molar-refractivity contribution in [2.75, 3.05) is 7.11 Å². The van der Waals surface area contributed by atoms with Crippen molar-refractivity contribution >= 4 is 17.6 Å². The zero-order valence-electron chi connectivity index (χ0n) is 11.3. The van der Waals surface area contributed by atoms with Crippen LogP contribution in [0.1, 0.15) is 29.2 Å². The third-order valence-electron chi connectivity index (χ3n) is 2.75. The first-order valence-electron chi connectivity index (χ1n) is 6.23. The van der Waals surface area contributed by atoms with Crippen LogP contribution in [0.5, 0.6) is 5.75 Å². The van der Waals surface area contributed by atoms with Gasteiger partial charge in [-0.2, -0.15) is 0 Å². The highest BCUT2D eigenvalue weighted by Crippen LogP contribution is 2.30. The van der Waals surface area contributed by atoms with Gasteiger partial charge in [0.15, 0.2) is 6.29 Å². The highest BCUT2D eigenvalue weighted by molar-refractivity contribution is 7.15. The zero-order chi connectivity index (χ0) is 13.8. The maximum atomic E-state index is 11.1. The van der Waals surface area contributed by atoms with E-state index in [1.807, 2.05) is 24.3 Å². The first-order valence-corrected chi connectivity index (χ1v) is 7.05. The summed E-state index contributed by atoms with van der Waals surface area (Å²) < 4.78 is 5.21. The summed E-state index contributed by atoms with van der Waals surface area (Å²) in [6.45, 7) is 4.28. The van der Waals surface area contributed by atoms with E-state index in [9.17, 15) is 4.79 Å². The number of nitrogens with zero attached hydrogens (tertiary/aromatic N) is 1. The van der Waals surface area contributed by atoms with Crippen LogP contribution in [0, 0.1) is 5.92 Å². The summed E-state index contributed by atoms with van der Waals surface area (Å²) in [7, 11) is 1.64. The predicted octanol–water partition coefficient (Wildman–Crippen LogP) is 3.83. The molecule has 0 bridgehead atoms. The van der Waals surface area contributed by atoms with Crippen molar-refractivity contribution in [2.24, 2.45) is 5.92 Å². The number of thiazole rings is 1. The first kappa shape index (κ1) is 13.7. The lowest BCUT2D eigenvalue weighted by molar-refractivity contribution is 0.111. The quantitative estimate of drug-likeness (QED) is 0.778. The van der Waals surface area contributed by atoms with E-state index >= 15 is 0 Å². The Hall–Kier alpha value is -1.68. The SMILES string of the molecule is COc1cccc(-c2nc(C=O)c(CC(C)C)s2)c1. The van der Waals surface area contributed by atoms with Crippen LogP contribution in [0.4, 0.5) is 0 Å². The lowest BCUT2D eigenvalue weighted by Gasteiger charge is -2.01. The molecule has 0 saturated heterocycles. The van der Waals surface area contributed by atoms with Gasteiger partial charge in [0.05, 0.1) is 7.11 Å². The fourth-order valence-electron chi connectivity index (χ4n) is 1.85. The van der Waals surface area contributed by atoms with E-state index in [-0.39, 0.29) is 0 Å². The minimum absolute atomic E-state index is 0.511. The molecular weight excluding hydrogens is 258 g/mol. The van der Waals surface area contributed by atoms with Gasteiger partial charge in [0, 0.05) is 10.4 Å². The highest BCUT2D eigenvalue weighted by atomic mass is 32.1. The number of aromatic nitrogens is 1. The second-order valence-electron chi connectivity index (χ2n) is 4.78. The molecule has 19 heavy (non-hydrogen) atoms. The fraction of sp³-hybridized carbons (Fsp3) is 0.333. The minimum atomic E-state index is 0.511. The first-order chi connectivity index (χ1) is 9.13. The molecule has 0 spiro atoms. The number of rotatable bonds is 5. The summed E-state index contributed by atoms with van der Waals surface area (Å²) in [5.41, 5.74) is 1.55. The Labute approximate surface area is 117 Å². The van der Waals surface area contributed by atoms with Crippen LogP contribution < -0.4 is 4.74 Å². The smallest absolute Gasteiger partial charge is 0.169 e. The second kappa shape index (κ2) is 5.97. The van der Waals surface area contributed by atoms with Crippen LogP contribution in [0.3, 0.4) is 0 Å². The summed E-state index contributed by atoms with van der Waals surface area (Å²) in [6, 6.07) is 7.74. The van der Waals surface area contributed by atoms with Crippen molar-refractivity contribution in [2.45, 2.75) is 20.3 Å². The lowest BCUT2D eigenvalue weighted by atomic mass is 10.1. The van der Waals surface area contributed by atoms with Crippen LogP contribution in [0.2, 0.25) is 0 Å². The van der Waals surface area contributed by atoms with Gasteiger partial charge in [-0.15, -0.1) is 11.3 Å². The van der Waals surface area contributed by atoms with E-state index in [4.69, 9.17) is 4.74 Å². The van der Waals surface area contributed by atoms with Gasteiger partial charge in [0.1, 0.15) is 16.5 Å². The molecule has 0 saturated carbocycles. The Bertz CT molecular complexity index is 575. The molecule has 4 heteroatoms. The normalized spacial score (nSPS) is 10.7.